The summed E-state index contributed by atoms with van der Waals surface area (Å²) in [4.78, 5) is 14.8. The molecule has 1 heterocycles. The zero-order valence-corrected chi connectivity index (χ0v) is 17.0. The van der Waals surface area contributed by atoms with Crippen molar-refractivity contribution in [2.24, 2.45) is 0 Å². The van der Waals surface area contributed by atoms with Gasteiger partial charge in [0, 0.05) is 24.5 Å². The summed E-state index contributed by atoms with van der Waals surface area (Å²) in [6, 6.07) is 15.3. The Hall–Kier alpha value is -3.19. The van der Waals surface area contributed by atoms with Crippen molar-refractivity contribution in [3.63, 3.8) is 0 Å². The number of hydrogen-bond acceptors (Lipinski definition) is 5. The number of carbonyl (C=O) groups is 1. The van der Waals surface area contributed by atoms with E-state index in [-0.39, 0.29) is 18.1 Å². The van der Waals surface area contributed by atoms with Gasteiger partial charge in [0.15, 0.2) is 5.69 Å². The smallest absolute Gasteiger partial charge is 0.277 e. The largest absolute Gasteiger partial charge is 0.386 e. The van der Waals surface area contributed by atoms with Crippen molar-refractivity contribution >= 4 is 17.3 Å². The van der Waals surface area contributed by atoms with Crippen molar-refractivity contribution in [2.45, 2.75) is 33.4 Å². The normalized spacial score (nSPS) is 11.9. The number of aryl methyl sites for hydroxylation is 1. The van der Waals surface area contributed by atoms with Crippen molar-refractivity contribution in [3.8, 4) is 0 Å². The summed E-state index contributed by atoms with van der Waals surface area (Å²) in [6.07, 6.45) is 0.824. The van der Waals surface area contributed by atoms with Gasteiger partial charge in [-0.3, -0.25) is 4.79 Å². The average molecular weight is 393 g/mol. The van der Waals surface area contributed by atoms with Crippen molar-refractivity contribution in [2.75, 3.05) is 23.3 Å². The molecule has 0 aliphatic carbocycles. The molecule has 2 aromatic carbocycles. The van der Waals surface area contributed by atoms with Crippen LogP contribution in [0.25, 0.3) is 0 Å². The first-order valence-electron chi connectivity index (χ1n) is 9.81. The van der Waals surface area contributed by atoms with E-state index in [1.54, 1.807) is 6.20 Å². The van der Waals surface area contributed by atoms with Crippen LogP contribution in [0, 0.1) is 6.92 Å². The van der Waals surface area contributed by atoms with Crippen molar-refractivity contribution in [1.82, 2.24) is 15.0 Å². The van der Waals surface area contributed by atoms with E-state index >= 15 is 0 Å². The molecule has 0 unspecified atom stereocenters. The van der Waals surface area contributed by atoms with Gasteiger partial charge < -0.3 is 15.3 Å². The number of nitrogens with one attached hydrogen (secondary N) is 1. The van der Waals surface area contributed by atoms with E-state index in [0.29, 0.717) is 0 Å². The molecule has 3 rings (SSSR count). The Balaban J connectivity index is 1.66. The molecule has 0 bridgehead atoms. The van der Waals surface area contributed by atoms with Gasteiger partial charge in [-0.25, -0.2) is 4.68 Å². The Kier molecular flexibility index (Phi) is 6.61. The van der Waals surface area contributed by atoms with Crippen LogP contribution in [0.3, 0.4) is 0 Å². The Morgan fingerprint density at radius 3 is 2.55 bits per heavy atom. The number of benzene rings is 2. The molecule has 2 N–H and O–H groups in total. The average Bonchev–Trinajstić information content (AvgIpc) is 3.20. The van der Waals surface area contributed by atoms with Crippen molar-refractivity contribution < 1.29 is 9.90 Å². The lowest BCUT2D eigenvalue weighted by molar-refractivity contribution is 0.102. The molecule has 0 saturated carbocycles. The molecule has 1 amide bonds. The topological polar surface area (TPSA) is 83.3 Å². The molecular formula is C22H27N5O2. The molecule has 7 heteroatoms. The van der Waals surface area contributed by atoms with Gasteiger partial charge in [0.1, 0.15) is 0 Å². The Morgan fingerprint density at radius 2 is 1.90 bits per heavy atom. The minimum absolute atomic E-state index is 0.206. The second kappa shape index (κ2) is 9.34. The third-order valence-corrected chi connectivity index (χ3v) is 4.90. The summed E-state index contributed by atoms with van der Waals surface area (Å²) in [6.45, 7) is 8.29. The Bertz CT molecular complexity index is 951. The summed E-state index contributed by atoms with van der Waals surface area (Å²) in [5, 5.41) is 21.1. The quantitative estimate of drug-likeness (QED) is 0.613. The number of aliphatic hydroxyl groups excluding tert-OH is 1. The Labute approximate surface area is 171 Å². The lowest BCUT2D eigenvalue weighted by Crippen LogP contribution is -2.22. The van der Waals surface area contributed by atoms with Crippen LogP contribution in [0.5, 0.6) is 0 Å². The summed E-state index contributed by atoms with van der Waals surface area (Å²) in [5.41, 5.74) is 3.85. The first-order chi connectivity index (χ1) is 14.0. The van der Waals surface area contributed by atoms with Gasteiger partial charge in [-0.2, -0.15) is 0 Å². The van der Waals surface area contributed by atoms with E-state index in [1.165, 1.54) is 4.68 Å². The Morgan fingerprint density at radius 1 is 1.17 bits per heavy atom. The summed E-state index contributed by atoms with van der Waals surface area (Å²) >= 11 is 0. The maximum atomic E-state index is 12.6. The standard InChI is InChI=1S/C22H27N5O2/c1-4-26(5-2)18-11-12-19(16(3)13-18)23-22(29)20-14-27(25-24-20)15-21(28)17-9-7-6-8-10-17/h6-14,21,28H,4-5,15H2,1-3H3,(H,23,29)/t21-/m0/s1. The highest BCUT2D eigenvalue weighted by Gasteiger charge is 2.15. The van der Waals surface area contributed by atoms with E-state index in [0.717, 1.165) is 35.6 Å². The number of amides is 1. The number of nitrogens with zero attached hydrogens (tertiary/aromatic N) is 4. The summed E-state index contributed by atoms with van der Waals surface area (Å²) in [5.74, 6) is -0.329. The van der Waals surface area contributed by atoms with E-state index in [9.17, 15) is 9.90 Å². The van der Waals surface area contributed by atoms with Crippen LogP contribution in [-0.4, -0.2) is 39.1 Å². The van der Waals surface area contributed by atoms with Gasteiger partial charge in [0.25, 0.3) is 5.91 Å². The molecule has 0 aliphatic heterocycles. The second-order valence-electron chi connectivity index (χ2n) is 6.88. The third-order valence-electron chi connectivity index (χ3n) is 4.90. The summed E-state index contributed by atoms with van der Waals surface area (Å²) < 4.78 is 1.48. The number of hydrogen-bond donors (Lipinski definition) is 2. The van der Waals surface area contributed by atoms with Gasteiger partial charge in [0.2, 0.25) is 0 Å². The van der Waals surface area contributed by atoms with Crippen LogP contribution >= 0.6 is 0 Å². The van der Waals surface area contributed by atoms with Crippen molar-refractivity contribution in [3.05, 3.63) is 71.5 Å². The fraction of sp³-hybridized carbons (Fsp3) is 0.318. The van der Waals surface area contributed by atoms with E-state index in [1.807, 2.05) is 49.4 Å². The maximum absolute atomic E-state index is 12.6. The first kappa shape index (κ1) is 20.5. The minimum atomic E-state index is -0.719. The second-order valence-corrected chi connectivity index (χ2v) is 6.88. The molecule has 7 nitrogen and oxygen atoms in total. The molecule has 0 spiro atoms. The maximum Gasteiger partial charge on any atom is 0.277 e. The molecule has 0 saturated heterocycles. The van der Waals surface area contributed by atoms with Gasteiger partial charge >= 0.3 is 0 Å². The number of aromatic nitrogens is 3. The molecule has 0 aliphatic rings. The van der Waals surface area contributed by atoms with Crippen LogP contribution in [0.1, 0.15) is 41.6 Å². The SMILES string of the molecule is CCN(CC)c1ccc(NC(=O)c2cn(C[C@H](O)c3ccccc3)nn2)c(C)c1. The molecule has 1 atom stereocenters. The van der Waals surface area contributed by atoms with Crippen LogP contribution < -0.4 is 10.2 Å². The van der Waals surface area contributed by atoms with Gasteiger partial charge in [-0.05, 0) is 50.1 Å². The molecular weight excluding hydrogens is 366 g/mol. The molecule has 152 valence electrons. The predicted molar refractivity (Wildman–Crippen MR) is 114 cm³/mol. The highest BCUT2D eigenvalue weighted by Crippen LogP contribution is 2.23. The number of anilines is 2. The monoisotopic (exact) mass is 393 g/mol. The highest BCUT2D eigenvalue weighted by molar-refractivity contribution is 6.03. The van der Waals surface area contributed by atoms with Crippen molar-refractivity contribution in [1.29, 1.82) is 0 Å². The van der Waals surface area contributed by atoms with Gasteiger partial charge in [-0.1, -0.05) is 35.5 Å². The molecule has 29 heavy (non-hydrogen) atoms. The molecule has 0 radical (unpaired) electrons. The molecule has 3 aromatic rings. The zero-order chi connectivity index (χ0) is 20.8. The zero-order valence-electron chi connectivity index (χ0n) is 17.0. The molecule has 0 fully saturated rings. The first-order valence-corrected chi connectivity index (χ1v) is 9.81. The lowest BCUT2D eigenvalue weighted by atomic mass is 10.1. The van der Waals surface area contributed by atoms with Gasteiger partial charge in [0.05, 0.1) is 18.8 Å². The van der Waals surface area contributed by atoms with Crippen LogP contribution in [0.2, 0.25) is 0 Å². The fourth-order valence-electron chi connectivity index (χ4n) is 3.21. The van der Waals surface area contributed by atoms with Crippen LogP contribution in [0.4, 0.5) is 11.4 Å². The predicted octanol–water partition coefficient (Wildman–Crippen LogP) is 3.42. The van der Waals surface area contributed by atoms with Gasteiger partial charge in [-0.15, -0.1) is 5.10 Å². The van der Waals surface area contributed by atoms with E-state index in [2.05, 4.69) is 40.4 Å². The number of carbonyl (C=O) groups excluding carboxylic acids is 1. The number of rotatable bonds is 8. The summed E-state index contributed by atoms with van der Waals surface area (Å²) in [7, 11) is 0. The van der Waals surface area contributed by atoms with E-state index in [4.69, 9.17) is 0 Å². The number of aliphatic hydroxyl groups is 1. The van der Waals surface area contributed by atoms with Crippen LogP contribution in [-0.2, 0) is 6.54 Å². The van der Waals surface area contributed by atoms with E-state index < -0.39 is 6.10 Å². The fourth-order valence-corrected chi connectivity index (χ4v) is 3.21. The molecule has 1 aromatic heterocycles. The minimum Gasteiger partial charge on any atom is -0.386 e. The highest BCUT2D eigenvalue weighted by atomic mass is 16.3. The lowest BCUT2D eigenvalue weighted by Gasteiger charge is -2.22. The van der Waals surface area contributed by atoms with Crippen LogP contribution in [0.15, 0.2) is 54.7 Å². The third kappa shape index (κ3) is 5.00.